The van der Waals surface area contributed by atoms with Crippen LogP contribution in [0.2, 0.25) is 0 Å². The molecule has 14 heteroatoms. The van der Waals surface area contributed by atoms with Gasteiger partial charge in [-0.25, -0.2) is 0 Å². The highest BCUT2D eigenvalue weighted by atomic mass is 32.1. The molecule has 0 N–H and O–H groups in total. The number of hydrogen-bond donors (Lipinski definition) is 1. The third kappa shape index (κ3) is 6.74. The number of rotatable bonds is 7. The Morgan fingerprint density at radius 2 is 1.39 bits per heavy atom. The lowest BCUT2D eigenvalue weighted by Gasteiger charge is -2.45. The van der Waals surface area contributed by atoms with Crippen LogP contribution < -0.4 is 5.56 Å². The molecule has 41 heavy (non-hydrogen) atoms. The summed E-state index contributed by atoms with van der Waals surface area (Å²) < 4.78 is 28.1. The van der Waals surface area contributed by atoms with Crippen molar-refractivity contribution in [1.82, 2.24) is 4.57 Å². The largest absolute Gasteiger partial charge is 0.463 e. The van der Waals surface area contributed by atoms with E-state index >= 15 is 0 Å². The summed E-state index contributed by atoms with van der Waals surface area (Å²) in [6.07, 6.45) is -7.76. The lowest BCUT2D eigenvalue weighted by molar-refractivity contribution is -0.270. The van der Waals surface area contributed by atoms with Crippen LogP contribution in [0.15, 0.2) is 40.2 Å². The second-order valence-electron chi connectivity index (χ2n) is 8.80. The van der Waals surface area contributed by atoms with Crippen LogP contribution in [0.4, 0.5) is 0 Å². The predicted molar refractivity (Wildman–Crippen MR) is 140 cm³/mol. The molecule has 13 nitrogen and oxygen atoms in total. The number of carbonyl (C=O) groups excluding carboxylic acids is 4. The van der Waals surface area contributed by atoms with Crippen LogP contribution in [0.25, 0.3) is 11.1 Å². The van der Waals surface area contributed by atoms with Crippen molar-refractivity contribution in [3.63, 3.8) is 0 Å². The maximum absolute atomic E-state index is 13.9. The minimum Gasteiger partial charge on any atom is -0.463 e. The molecule has 0 aliphatic carbocycles. The molecule has 0 unspecified atom stereocenters. The molecule has 1 aromatic heterocycles. The maximum Gasteiger partial charge on any atom is 0.303 e. The van der Waals surface area contributed by atoms with Crippen molar-refractivity contribution in [3.05, 3.63) is 51.8 Å². The number of benzene rings is 1. The second-order valence-corrected chi connectivity index (χ2v) is 9.23. The van der Waals surface area contributed by atoms with Crippen molar-refractivity contribution in [2.24, 2.45) is 0 Å². The van der Waals surface area contributed by atoms with Crippen LogP contribution >= 0.6 is 12.6 Å². The van der Waals surface area contributed by atoms with Gasteiger partial charge in [0, 0.05) is 33.3 Å². The Kier molecular flexibility index (Phi) is 9.89. The molecular formula is C27H25N3O10S. The minimum absolute atomic E-state index is 0.0208. The van der Waals surface area contributed by atoms with Crippen molar-refractivity contribution in [1.29, 1.82) is 10.5 Å². The van der Waals surface area contributed by atoms with Gasteiger partial charge in [-0.1, -0.05) is 30.3 Å². The van der Waals surface area contributed by atoms with Gasteiger partial charge in [-0.2, -0.15) is 10.5 Å². The van der Waals surface area contributed by atoms with E-state index in [4.69, 9.17) is 23.7 Å². The first-order valence-corrected chi connectivity index (χ1v) is 12.5. The molecule has 1 saturated heterocycles. The highest BCUT2D eigenvalue weighted by molar-refractivity contribution is 7.80. The fourth-order valence-electron chi connectivity index (χ4n) is 4.43. The fraction of sp³-hybridized carbons (Fsp3) is 0.370. The molecule has 1 fully saturated rings. The number of ether oxygens (including phenoxy) is 5. The van der Waals surface area contributed by atoms with E-state index in [1.807, 2.05) is 12.1 Å². The van der Waals surface area contributed by atoms with Gasteiger partial charge in [-0.05, 0) is 5.56 Å². The first-order valence-electron chi connectivity index (χ1n) is 12.1. The Balaban J connectivity index is 2.35. The number of hydrogen-bond acceptors (Lipinski definition) is 13. The number of nitriles is 2. The zero-order valence-electron chi connectivity index (χ0n) is 22.4. The molecule has 0 spiro atoms. The Morgan fingerprint density at radius 3 is 1.90 bits per heavy atom. The molecule has 2 aromatic rings. The minimum atomic E-state index is -1.69. The van der Waals surface area contributed by atoms with Gasteiger partial charge in [0.2, 0.25) is 0 Å². The maximum atomic E-state index is 13.9. The number of thiol groups is 1. The summed E-state index contributed by atoms with van der Waals surface area (Å²) in [5.41, 5.74) is -1.19. The van der Waals surface area contributed by atoms with Crippen LogP contribution in [-0.2, 0) is 42.9 Å². The molecule has 214 valence electrons. The number of carbonyl (C=O) groups is 4. The first kappa shape index (κ1) is 30.9. The highest BCUT2D eigenvalue weighted by Crippen LogP contribution is 2.38. The fourth-order valence-corrected chi connectivity index (χ4v) is 4.80. The average Bonchev–Trinajstić information content (AvgIpc) is 2.90. The van der Waals surface area contributed by atoms with Crippen molar-refractivity contribution < 1.29 is 42.9 Å². The second kappa shape index (κ2) is 13.1. The van der Waals surface area contributed by atoms with Gasteiger partial charge in [0.1, 0.15) is 30.4 Å². The van der Waals surface area contributed by atoms with Crippen LogP contribution in [0, 0.1) is 22.7 Å². The molecule has 3 rings (SSSR count). The monoisotopic (exact) mass is 583 g/mol. The molecule has 0 bridgehead atoms. The summed E-state index contributed by atoms with van der Waals surface area (Å²) in [6.45, 7) is 3.73. The number of nitrogens with zero attached hydrogens (tertiary/aromatic N) is 3. The zero-order chi connectivity index (χ0) is 30.4. The normalized spacial score (nSPS) is 21.5. The quantitative estimate of drug-likeness (QED) is 0.284. The lowest BCUT2D eigenvalue weighted by atomic mass is 9.95. The Hall–Kier alpha value is -4.66. The standard InChI is InChI=1S/C27H25N3O10S/c1-13(31)36-12-20-22(37-14(2)32)23(38-15(3)33)24(39-16(4)34)26(40-20)30-25(35)18(10-28)21(19(11-29)27(30)41)17-8-6-5-7-9-17/h5-9,20,22-24,26,41H,12H2,1-4H3/t20-,22+,23+,24+,26-/m1/s1. The third-order valence-corrected chi connectivity index (χ3v) is 6.33. The Morgan fingerprint density at radius 1 is 0.854 bits per heavy atom. The smallest absolute Gasteiger partial charge is 0.303 e. The van der Waals surface area contributed by atoms with E-state index < -0.39 is 72.3 Å². The van der Waals surface area contributed by atoms with Gasteiger partial charge >= 0.3 is 23.9 Å². The summed E-state index contributed by atoms with van der Waals surface area (Å²) in [6, 6.07) is 12.0. The molecule has 0 radical (unpaired) electrons. The van der Waals surface area contributed by atoms with E-state index in [-0.39, 0.29) is 16.2 Å². The summed E-state index contributed by atoms with van der Waals surface area (Å²) in [4.78, 5) is 61.8. The van der Waals surface area contributed by atoms with Crippen molar-refractivity contribution in [3.8, 4) is 23.3 Å². The van der Waals surface area contributed by atoms with E-state index in [0.29, 0.717) is 5.56 Å². The van der Waals surface area contributed by atoms with Crippen LogP contribution in [0.5, 0.6) is 0 Å². The molecule has 2 heterocycles. The van der Waals surface area contributed by atoms with E-state index in [9.17, 15) is 34.5 Å². The van der Waals surface area contributed by atoms with E-state index in [2.05, 4.69) is 12.6 Å². The molecular weight excluding hydrogens is 558 g/mol. The summed E-state index contributed by atoms with van der Waals surface area (Å²) in [5, 5.41) is 19.8. The molecule has 1 aliphatic heterocycles. The van der Waals surface area contributed by atoms with Crippen molar-refractivity contribution in [2.75, 3.05) is 6.61 Å². The summed E-state index contributed by atoms with van der Waals surface area (Å²) >= 11 is 4.43. The SMILES string of the molecule is CC(=O)OC[C@H]1O[C@@H](n2c(S)c(C#N)c(-c3ccccc3)c(C#N)c2=O)[C@@H](OC(C)=O)[C@@H](OC(C)=O)[C@H]1OC(C)=O. The molecule has 1 aromatic carbocycles. The van der Waals surface area contributed by atoms with Crippen molar-refractivity contribution >= 4 is 36.5 Å². The summed E-state index contributed by atoms with van der Waals surface area (Å²) in [7, 11) is 0. The van der Waals surface area contributed by atoms with E-state index in [1.165, 1.54) is 0 Å². The van der Waals surface area contributed by atoms with E-state index in [1.54, 1.807) is 30.3 Å². The number of aromatic nitrogens is 1. The number of esters is 4. The number of pyridine rings is 1. The average molecular weight is 584 g/mol. The first-order chi connectivity index (χ1) is 19.4. The van der Waals surface area contributed by atoms with Gasteiger partial charge in [0.25, 0.3) is 5.56 Å². The van der Waals surface area contributed by atoms with Gasteiger partial charge in [-0.3, -0.25) is 28.5 Å². The third-order valence-electron chi connectivity index (χ3n) is 5.89. The zero-order valence-corrected chi connectivity index (χ0v) is 23.2. The van der Waals surface area contributed by atoms with E-state index in [0.717, 1.165) is 32.3 Å². The molecule has 0 amide bonds. The highest BCUT2D eigenvalue weighted by Gasteiger charge is 2.53. The molecule has 0 saturated carbocycles. The van der Waals surface area contributed by atoms with Gasteiger partial charge in [0.15, 0.2) is 24.5 Å². The van der Waals surface area contributed by atoms with Gasteiger partial charge in [-0.15, -0.1) is 12.6 Å². The van der Waals surface area contributed by atoms with Gasteiger partial charge in [0.05, 0.1) is 10.6 Å². The molecule has 5 atom stereocenters. The molecule has 1 aliphatic rings. The van der Waals surface area contributed by atoms with Crippen LogP contribution in [-0.4, -0.2) is 59.5 Å². The topological polar surface area (TPSA) is 184 Å². The summed E-state index contributed by atoms with van der Waals surface area (Å²) in [5.74, 6) is -3.32. The predicted octanol–water partition coefficient (Wildman–Crippen LogP) is 1.80. The van der Waals surface area contributed by atoms with Crippen molar-refractivity contribution in [2.45, 2.75) is 63.4 Å². The van der Waals surface area contributed by atoms with Crippen LogP contribution in [0.3, 0.4) is 0 Å². The Labute approximate surface area is 239 Å². The Bertz CT molecular complexity index is 1510. The van der Waals surface area contributed by atoms with Crippen LogP contribution in [0.1, 0.15) is 45.0 Å². The van der Waals surface area contributed by atoms with Gasteiger partial charge < -0.3 is 23.7 Å². The lowest BCUT2D eigenvalue weighted by Crippen LogP contribution is -2.61.